The zero-order valence-corrected chi connectivity index (χ0v) is 11.0. The molecular formula is C15H13F2NO3. The Hall–Kier alpha value is -2.63. The number of primary amides is 1. The molecule has 0 spiro atoms. The van der Waals surface area contributed by atoms with Gasteiger partial charge in [-0.05, 0) is 35.9 Å². The van der Waals surface area contributed by atoms with Crippen LogP contribution in [0.4, 0.5) is 8.78 Å². The fourth-order valence-corrected chi connectivity index (χ4v) is 1.67. The molecule has 2 rings (SSSR count). The van der Waals surface area contributed by atoms with Crippen LogP contribution in [0.5, 0.6) is 11.5 Å². The smallest absolute Gasteiger partial charge is 0.387 e. The number of benzene rings is 2. The van der Waals surface area contributed by atoms with Crippen molar-refractivity contribution in [2.75, 3.05) is 0 Å². The number of amides is 1. The van der Waals surface area contributed by atoms with Crippen LogP contribution in [0, 0.1) is 0 Å². The van der Waals surface area contributed by atoms with Gasteiger partial charge in [0.25, 0.3) is 0 Å². The third-order valence-electron chi connectivity index (χ3n) is 2.67. The van der Waals surface area contributed by atoms with Crippen molar-refractivity contribution < 1.29 is 23.0 Å². The molecule has 0 aromatic heterocycles. The van der Waals surface area contributed by atoms with E-state index in [9.17, 15) is 13.6 Å². The van der Waals surface area contributed by atoms with Crippen LogP contribution in [0.3, 0.4) is 0 Å². The van der Waals surface area contributed by atoms with Crippen LogP contribution in [-0.2, 0) is 6.61 Å². The van der Waals surface area contributed by atoms with Crippen molar-refractivity contribution in [3.63, 3.8) is 0 Å². The van der Waals surface area contributed by atoms with Crippen LogP contribution < -0.4 is 15.2 Å². The van der Waals surface area contributed by atoms with Gasteiger partial charge >= 0.3 is 6.61 Å². The number of carbonyl (C=O) groups is 1. The van der Waals surface area contributed by atoms with E-state index in [1.54, 1.807) is 30.3 Å². The van der Waals surface area contributed by atoms with Crippen molar-refractivity contribution in [2.45, 2.75) is 13.2 Å². The van der Waals surface area contributed by atoms with E-state index >= 15 is 0 Å². The molecule has 0 bridgehead atoms. The Balaban J connectivity index is 1.96. The van der Waals surface area contributed by atoms with E-state index < -0.39 is 12.5 Å². The van der Waals surface area contributed by atoms with Crippen molar-refractivity contribution in [3.8, 4) is 11.5 Å². The first-order valence-electron chi connectivity index (χ1n) is 6.11. The number of halogens is 2. The van der Waals surface area contributed by atoms with E-state index in [1.165, 1.54) is 18.2 Å². The van der Waals surface area contributed by atoms with Crippen molar-refractivity contribution >= 4 is 5.91 Å². The molecule has 0 unspecified atom stereocenters. The molecule has 0 aliphatic rings. The van der Waals surface area contributed by atoms with Crippen LogP contribution >= 0.6 is 0 Å². The number of nitrogens with two attached hydrogens (primary N) is 1. The van der Waals surface area contributed by atoms with Gasteiger partial charge in [-0.3, -0.25) is 4.79 Å². The van der Waals surface area contributed by atoms with E-state index in [0.29, 0.717) is 11.3 Å². The predicted octanol–water partition coefficient (Wildman–Crippen LogP) is 2.97. The maximum Gasteiger partial charge on any atom is 0.387 e. The number of hydrogen-bond acceptors (Lipinski definition) is 3. The van der Waals surface area contributed by atoms with E-state index in [2.05, 4.69) is 4.74 Å². The molecule has 0 saturated heterocycles. The molecule has 0 heterocycles. The van der Waals surface area contributed by atoms with Gasteiger partial charge in [0.2, 0.25) is 5.91 Å². The van der Waals surface area contributed by atoms with Gasteiger partial charge in [0.15, 0.2) is 0 Å². The first-order chi connectivity index (χ1) is 10.0. The zero-order chi connectivity index (χ0) is 15.2. The van der Waals surface area contributed by atoms with Crippen molar-refractivity contribution in [1.29, 1.82) is 0 Å². The topological polar surface area (TPSA) is 61.6 Å². The van der Waals surface area contributed by atoms with Crippen LogP contribution in [0.1, 0.15) is 15.9 Å². The second-order valence-electron chi connectivity index (χ2n) is 4.20. The van der Waals surface area contributed by atoms with Crippen LogP contribution in [0.15, 0.2) is 48.5 Å². The summed E-state index contributed by atoms with van der Waals surface area (Å²) in [5.41, 5.74) is 6.31. The standard InChI is InChI=1S/C15H13F2NO3/c16-15(17)21-12-6-4-10(5-7-12)9-20-13-3-1-2-11(8-13)14(18)19/h1-8,15H,9H2,(H2,18,19). The van der Waals surface area contributed by atoms with E-state index in [1.807, 2.05) is 0 Å². The van der Waals surface area contributed by atoms with E-state index in [0.717, 1.165) is 5.56 Å². The molecule has 4 nitrogen and oxygen atoms in total. The van der Waals surface area contributed by atoms with Crippen LogP contribution in [-0.4, -0.2) is 12.5 Å². The lowest BCUT2D eigenvalue weighted by Gasteiger charge is -2.08. The average Bonchev–Trinajstić information content (AvgIpc) is 2.46. The molecular weight excluding hydrogens is 280 g/mol. The summed E-state index contributed by atoms with van der Waals surface area (Å²) in [6.45, 7) is -2.61. The molecule has 0 aliphatic heterocycles. The van der Waals surface area contributed by atoms with Crippen LogP contribution in [0.2, 0.25) is 0 Å². The largest absolute Gasteiger partial charge is 0.489 e. The molecule has 2 aromatic rings. The molecule has 110 valence electrons. The highest BCUT2D eigenvalue weighted by Gasteiger charge is 2.05. The van der Waals surface area contributed by atoms with Gasteiger partial charge in [0.1, 0.15) is 18.1 Å². The molecule has 0 fully saturated rings. The van der Waals surface area contributed by atoms with Gasteiger partial charge in [-0.25, -0.2) is 0 Å². The minimum Gasteiger partial charge on any atom is -0.489 e. The van der Waals surface area contributed by atoms with Crippen molar-refractivity contribution in [1.82, 2.24) is 0 Å². The first kappa shape index (κ1) is 14.8. The summed E-state index contributed by atoms with van der Waals surface area (Å²) >= 11 is 0. The monoisotopic (exact) mass is 293 g/mol. The Morgan fingerprint density at radius 1 is 1.10 bits per heavy atom. The number of carbonyl (C=O) groups excluding carboxylic acids is 1. The molecule has 0 aliphatic carbocycles. The summed E-state index contributed by atoms with van der Waals surface area (Å²) in [5, 5.41) is 0. The number of ether oxygens (including phenoxy) is 2. The van der Waals surface area contributed by atoms with Gasteiger partial charge in [0.05, 0.1) is 0 Å². The molecule has 6 heteroatoms. The highest BCUT2D eigenvalue weighted by molar-refractivity contribution is 5.93. The number of hydrogen-bond donors (Lipinski definition) is 1. The summed E-state index contributed by atoms with van der Waals surface area (Å²) in [5.74, 6) is 0.0534. The van der Waals surface area contributed by atoms with E-state index in [-0.39, 0.29) is 12.4 Å². The molecule has 21 heavy (non-hydrogen) atoms. The molecule has 0 atom stereocenters. The number of rotatable bonds is 6. The fraction of sp³-hybridized carbons (Fsp3) is 0.133. The fourth-order valence-electron chi connectivity index (χ4n) is 1.67. The van der Waals surface area contributed by atoms with Gasteiger partial charge < -0.3 is 15.2 Å². The highest BCUT2D eigenvalue weighted by Crippen LogP contribution is 2.18. The first-order valence-corrected chi connectivity index (χ1v) is 6.11. The van der Waals surface area contributed by atoms with Crippen molar-refractivity contribution in [3.05, 3.63) is 59.7 Å². The SMILES string of the molecule is NC(=O)c1cccc(OCc2ccc(OC(F)F)cc2)c1. The van der Waals surface area contributed by atoms with Gasteiger partial charge in [-0.1, -0.05) is 18.2 Å². The normalized spacial score (nSPS) is 10.4. The minimum atomic E-state index is -2.84. The summed E-state index contributed by atoms with van der Waals surface area (Å²) in [6.07, 6.45) is 0. The lowest BCUT2D eigenvalue weighted by atomic mass is 10.2. The second kappa shape index (κ2) is 6.69. The minimum absolute atomic E-state index is 0.0875. The number of alkyl halides is 2. The third-order valence-corrected chi connectivity index (χ3v) is 2.67. The Labute approximate surface area is 120 Å². The highest BCUT2D eigenvalue weighted by atomic mass is 19.3. The lowest BCUT2D eigenvalue weighted by Crippen LogP contribution is -2.10. The molecule has 2 aromatic carbocycles. The summed E-state index contributed by atoms with van der Waals surface area (Å²) in [4.78, 5) is 11.0. The van der Waals surface area contributed by atoms with Crippen LogP contribution in [0.25, 0.3) is 0 Å². The quantitative estimate of drug-likeness (QED) is 0.890. The third kappa shape index (κ3) is 4.45. The lowest BCUT2D eigenvalue weighted by molar-refractivity contribution is -0.0498. The predicted molar refractivity (Wildman–Crippen MR) is 72.4 cm³/mol. The summed E-state index contributed by atoms with van der Waals surface area (Å²) in [7, 11) is 0. The Morgan fingerprint density at radius 3 is 2.43 bits per heavy atom. The Morgan fingerprint density at radius 2 is 1.81 bits per heavy atom. The molecule has 0 radical (unpaired) electrons. The maximum atomic E-state index is 12.0. The molecule has 0 saturated carbocycles. The zero-order valence-electron chi connectivity index (χ0n) is 11.0. The molecule has 2 N–H and O–H groups in total. The van der Waals surface area contributed by atoms with Gasteiger partial charge in [-0.15, -0.1) is 0 Å². The Kier molecular flexibility index (Phi) is 4.71. The van der Waals surface area contributed by atoms with Crippen molar-refractivity contribution in [2.24, 2.45) is 5.73 Å². The van der Waals surface area contributed by atoms with Gasteiger partial charge in [0, 0.05) is 5.56 Å². The maximum absolute atomic E-state index is 12.0. The average molecular weight is 293 g/mol. The Bertz CT molecular complexity index is 615. The second-order valence-corrected chi connectivity index (χ2v) is 4.20. The summed E-state index contributed by atoms with van der Waals surface area (Å²) in [6, 6.07) is 12.6. The molecule has 1 amide bonds. The van der Waals surface area contributed by atoms with E-state index in [4.69, 9.17) is 10.5 Å². The van der Waals surface area contributed by atoms with Gasteiger partial charge in [-0.2, -0.15) is 8.78 Å². The summed E-state index contributed by atoms with van der Waals surface area (Å²) < 4.78 is 33.8.